The van der Waals surface area contributed by atoms with Crippen LogP contribution < -0.4 is 5.32 Å². The van der Waals surface area contributed by atoms with Gasteiger partial charge in [-0.1, -0.05) is 6.07 Å². The zero-order valence-corrected chi connectivity index (χ0v) is 10.4. The molecule has 2 N–H and O–H groups in total. The molecule has 0 radical (unpaired) electrons. The van der Waals surface area contributed by atoms with Crippen molar-refractivity contribution in [3.8, 4) is 0 Å². The van der Waals surface area contributed by atoms with Gasteiger partial charge in [0.2, 0.25) is 0 Å². The van der Waals surface area contributed by atoms with Crippen LogP contribution in [0.2, 0.25) is 0 Å². The first-order valence-electron chi connectivity index (χ1n) is 4.92. The van der Waals surface area contributed by atoms with E-state index in [1.165, 1.54) is 12.1 Å². The van der Waals surface area contributed by atoms with Gasteiger partial charge in [0.05, 0.1) is 5.56 Å². The quantitative estimate of drug-likeness (QED) is 0.892. The minimum atomic E-state index is -0.567. The number of hydrogen-bond donors (Lipinski definition) is 2. The highest BCUT2D eigenvalue weighted by Crippen LogP contribution is 2.19. The molecule has 0 spiro atoms. The van der Waals surface area contributed by atoms with Crippen LogP contribution in [0.3, 0.4) is 0 Å². The molecule has 5 heteroatoms. The number of rotatable bonds is 4. The number of benzene rings is 1. The number of nitrogens with one attached hydrogen (secondary N) is 1. The van der Waals surface area contributed by atoms with E-state index in [2.05, 4.69) is 21.2 Å². The van der Waals surface area contributed by atoms with Crippen LogP contribution in [-0.4, -0.2) is 23.7 Å². The normalized spacial score (nSPS) is 12.2. The Morgan fingerprint density at radius 1 is 1.62 bits per heavy atom. The minimum absolute atomic E-state index is 0.00714. The molecule has 0 saturated heterocycles. The first kappa shape index (κ1) is 13.1. The summed E-state index contributed by atoms with van der Waals surface area (Å²) in [6, 6.07) is 4.17. The van der Waals surface area contributed by atoms with Gasteiger partial charge in [-0.25, -0.2) is 4.39 Å². The standard InChI is InChI=1S/C11H13BrFNO2/c1-7(5-6-15)14-11(16)10-8(12)3-2-4-9(10)13/h2-4,7,15H,5-6H2,1H3,(H,14,16). The van der Waals surface area contributed by atoms with Crippen LogP contribution in [0, 0.1) is 5.82 Å². The van der Waals surface area contributed by atoms with Crippen LogP contribution in [0.25, 0.3) is 0 Å². The molecule has 0 bridgehead atoms. The Hall–Kier alpha value is -0.940. The van der Waals surface area contributed by atoms with E-state index in [-0.39, 0.29) is 18.2 Å². The number of hydrogen-bond acceptors (Lipinski definition) is 2. The lowest BCUT2D eigenvalue weighted by Crippen LogP contribution is -2.33. The molecule has 1 rings (SSSR count). The van der Waals surface area contributed by atoms with E-state index < -0.39 is 11.7 Å². The topological polar surface area (TPSA) is 49.3 Å². The maximum Gasteiger partial charge on any atom is 0.255 e. The highest BCUT2D eigenvalue weighted by atomic mass is 79.9. The van der Waals surface area contributed by atoms with E-state index in [0.717, 1.165) is 0 Å². The molecule has 1 aromatic carbocycles. The number of carbonyl (C=O) groups is 1. The van der Waals surface area contributed by atoms with Crippen LogP contribution in [0.15, 0.2) is 22.7 Å². The Morgan fingerprint density at radius 2 is 2.31 bits per heavy atom. The van der Waals surface area contributed by atoms with E-state index in [9.17, 15) is 9.18 Å². The second-order valence-electron chi connectivity index (χ2n) is 3.48. The second-order valence-corrected chi connectivity index (χ2v) is 4.34. The van der Waals surface area contributed by atoms with Crippen LogP contribution in [0.1, 0.15) is 23.7 Å². The van der Waals surface area contributed by atoms with E-state index >= 15 is 0 Å². The van der Waals surface area contributed by atoms with Crippen LogP contribution in [-0.2, 0) is 0 Å². The van der Waals surface area contributed by atoms with Crippen molar-refractivity contribution in [3.63, 3.8) is 0 Å². The Kier molecular flexibility index (Phi) is 4.89. The van der Waals surface area contributed by atoms with Gasteiger partial charge in [0, 0.05) is 17.1 Å². The summed E-state index contributed by atoms with van der Waals surface area (Å²) in [5.41, 5.74) is -0.00714. The fraction of sp³-hybridized carbons (Fsp3) is 0.364. The van der Waals surface area contributed by atoms with Gasteiger partial charge in [-0.2, -0.15) is 0 Å². The van der Waals surface area contributed by atoms with Crippen molar-refractivity contribution in [1.29, 1.82) is 0 Å². The molecule has 1 amide bonds. The molecular formula is C11H13BrFNO2. The molecule has 0 fully saturated rings. The zero-order valence-electron chi connectivity index (χ0n) is 8.84. The molecule has 0 aliphatic rings. The summed E-state index contributed by atoms with van der Waals surface area (Å²) >= 11 is 3.13. The van der Waals surface area contributed by atoms with E-state index in [4.69, 9.17) is 5.11 Å². The van der Waals surface area contributed by atoms with E-state index in [1.54, 1.807) is 13.0 Å². The number of halogens is 2. The second kappa shape index (κ2) is 5.96. The summed E-state index contributed by atoms with van der Waals surface area (Å²) in [4.78, 5) is 11.7. The Morgan fingerprint density at radius 3 is 2.88 bits per heavy atom. The van der Waals surface area contributed by atoms with Crippen molar-refractivity contribution in [2.75, 3.05) is 6.61 Å². The van der Waals surface area contributed by atoms with Gasteiger partial charge in [0.1, 0.15) is 5.82 Å². The van der Waals surface area contributed by atoms with Crippen molar-refractivity contribution >= 4 is 21.8 Å². The Bertz CT molecular complexity index is 364. The predicted octanol–water partition coefficient (Wildman–Crippen LogP) is 2.09. The molecule has 0 aliphatic carbocycles. The lowest BCUT2D eigenvalue weighted by atomic mass is 10.1. The fourth-order valence-electron chi connectivity index (χ4n) is 1.28. The van der Waals surface area contributed by atoms with Gasteiger partial charge < -0.3 is 10.4 Å². The van der Waals surface area contributed by atoms with Gasteiger partial charge in [0.15, 0.2) is 0 Å². The van der Waals surface area contributed by atoms with Crippen LogP contribution in [0.4, 0.5) is 4.39 Å². The van der Waals surface area contributed by atoms with Gasteiger partial charge in [-0.3, -0.25) is 4.79 Å². The Balaban J connectivity index is 2.80. The molecule has 3 nitrogen and oxygen atoms in total. The zero-order chi connectivity index (χ0) is 12.1. The summed E-state index contributed by atoms with van der Waals surface area (Å²) in [6.07, 6.45) is 0.442. The van der Waals surface area contributed by atoms with Crippen molar-refractivity contribution < 1.29 is 14.3 Å². The minimum Gasteiger partial charge on any atom is -0.396 e. The van der Waals surface area contributed by atoms with Crippen molar-refractivity contribution in [1.82, 2.24) is 5.32 Å². The number of amides is 1. The van der Waals surface area contributed by atoms with Gasteiger partial charge >= 0.3 is 0 Å². The van der Waals surface area contributed by atoms with E-state index in [0.29, 0.717) is 10.9 Å². The summed E-state index contributed by atoms with van der Waals surface area (Å²) < 4.78 is 13.8. The van der Waals surface area contributed by atoms with Gasteiger partial charge in [-0.05, 0) is 41.4 Å². The molecule has 0 aromatic heterocycles. The largest absolute Gasteiger partial charge is 0.396 e. The van der Waals surface area contributed by atoms with Crippen molar-refractivity contribution in [2.24, 2.45) is 0 Å². The average molecular weight is 290 g/mol. The fourth-order valence-corrected chi connectivity index (χ4v) is 1.80. The summed E-state index contributed by atoms with van der Waals surface area (Å²) in [5, 5.41) is 11.3. The molecule has 0 heterocycles. The third-order valence-electron chi connectivity index (χ3n) is 2.13. The molecule has 1 atom stereocenters. The summed E-state index contributed by atoms with van der Waals surface area (Å²) in [6.45, 7) is 1.74. The van der Waals surface area contributed by atoms with E-state index in [1.807, 2.05) is 0 Å². The lowest BCUT2D eigenvalue weighted by molar-refractivity contribution is 0.0929. The maximum absolute atomic E-state index is 13.4. The molecule has 16 heavy (non-hydrogen) atoms. The van der Waals surface area contributed by atoms with Crippen molar-refractivity contribution in [3.05, 3.63) is 34.1 Å². The van der Waals surface area contributed by atoms with Crippen LogP contribution >= 0.6 is 15.9 Å². The van der Waals surface area contributed by atoms with Crippen LogP contribution in [0.5, 0.6) is 0 Å². The first-order chi connectivity index (χ1) is 7.56. The molecule has 1 aromatic rings. The monoisotopic (exact) mass is 289 g/mol. The molecule has 0 aliphatic heterocycles. The summed E-state index contributed by atoms with van der Waals surface area (Å²) in [7, 11) is 0. The number of carbonyl (C=O) groups excluding carboxylic acids is 1. The molecular weight excluding hydrogens is 277 g/mol. The highest BCUT2D eigenvalue weighted by molar-refractivity contribution is 9.10. The number of aliphatic hydroxyl groups is 1. The Labute approximate surface area is 102 Å². The number of aliphatic hydroxyl groups excluding tert-OH is 1. The van der Waals surface area contributed by atoms with Gasteiger partial charge in [0.25, 0.3) is 5.91 Å². The molecule has 1 unspecified atom stereocenters. The smallest absolute Gasteiger partial charge is 0.255 e. The molecule has 88 valence electrons. The summed E-state index contributed by atoms with van der Waals surface area (Å²) in [5.74, 6) is -1.05. The predicted molar refractivity (Wildman–Crippen MR) is 62.7 cm³/mol. The lowest BCUT2D eigenvalue weighted by Gasteiger charge is -2.13. The first-order valence-corrected chi connectivity index (χ1v) is 5.71. The maximum atomic E-state index is 13.4. The van der Waals surface area contributed by atoms with Crippen molar-refractivity contribution in [2.45, 2.75) is 19.4 Å². The molecule has 0 saturated carbocycles. The van der Waals surface area contributed by atoms with Gasteiger partial charge in [-0.15, -0.1) is 0 Å². The average Bonchev–Trinajstić information content (AvgIpc) is 2.17. The third kappa shape index (κ3) is 3.28. The highest BCUT2D eigenvalue weighted by Gasteiger charge is 2.16. The SMILES string of the molecule is CC(CCO)NC(=O)c1c(F)cccc1Br. The third-order valence-corrected chi connectivity index (χ3v) is 2.79.